The van der Waals surface area contributed by atoms with Gasteiger partial charge in [0.25, 0.3) is 0 Å². The van der Waals surface area contributed by atoms with Crippen LogP contribution in [0.5, 0.6) is 5.75 Å². The second-order valence-electron chi connectivity index (χ2n) is 18.2. The van der Waals surface area contributed by atoms with E-state index in [1.165, 1.54) is 26.8 Å². The van der Waals surface area contributed by atoms with Crippen molar-refractivity contribution in [1.29, 1.82) is 0 Å². The monoisotopic (exact) mass is 841 g/mol. The van der Waals surface area contributed by atoms with Crippen molar-refractivity contribution in [2.45, 2.75) is 148 Å². The number of ketones is 1. The molecular weight excluding hydrogens is 786 g/mol. The topological polar surface area (TPSA) is 229 Å². The number of amides is 1. The SMILES string of the molecule is CC(=O)O[C@H]1C(=O)[C@@]2(C)C([C@H](Oc3ccccc3)[C@]34OC(=O)O[C@H]3[C@H](OC(=O)[C@H](O)[C@H](C=C(C)C)NC(=O)OC(C)(C)C)C(C)=C1C4(C)C)[C@]1(OC(C)=O)COC1C[C@@H]2O. The molecule has 1 aromatic rings. The van der Waals surface area contributed by atoms with Crippen molar-refractivity contribution in [3.8, 4) is 5.75 Å². The first kappa shape index (κ1) is 44.5. The first-order chi connectivity index (χ1) is 27.8. The van der Waals surface area contributed by atoms with Gasteiger partial charge >= 0.3 is 30.2 Å². The summed E-state index contributed by atoms with van der Waals surface area (Å²) < 4.78 is 48.8. The lowest BCUT2D eigenvalue weighted by Gasteiger charge is -2.67. The molecule has 1 spiro atoms. The van der Waals surface area contributed by atoms with Gasteiger partial charge in [-0.1, -0.05) is 43.7 Å². The number of ether oxygens (including phenoxy) is 8. The van der Waals surface area contributed by atoms with E-state index in [-0.39, 0.29) is 29.9 Å². The highest BCUT2D eigenvalue weighted by atomic mass is 16.8. The maximum absolute atomic E-state index is 15.6. The fourth-order valence-corrected chi connectivity index (χ4v) is 10.0. The lowest BCUT2D eigenvalue weighted by Crippen LogP contribution is -2.83. The number of fused-ring (bicyclic) bond motifs is 4. The highest BCUT2D eigenvalue weighted by Gasteiger charge is 2.83. The largest absolute Gasteiger partial charge is 0.509 e. The van der Waals surface area contributed by atoms with Crippen molar-refractivity contribution in [3.63, 3.8) is 0 Å². The van der Waals surface area contributed by atoms with Crippen LogP contribution < -0.4 is 10.1 Å². The summed E-state index contributed by atoms with van der Waals surface area (Å²) in [5, 5.41) is 26.2. The lowest BCUT2D eigenvalue weighted by atomic mass is 9.44. The zero-order chi connectivity index (χ0) is 44.5. The maximum Gasteiger partial charge on any atom is 0.509 e. The zero-order valence-electron chi connectivity index (χ0n) is 35.7. The molecule has 2 heterocycles. The zero-order valence-corrected chi connectivity index (χ0v) is 35.7. The van der Waals surface area contributed by atoms with Crippen LogP contribution in [0.15, 0.2) is 53.1 Å². The number of esters is 3. The number of hydrogen-bond acceptors (Lipinski definition) is 16. The van der Waals surface area contributed by atoms with E-state index < -0.39 is 118 Å². The van der Waals surface area contributed by atoms with Gasteiger partial charge in [0, 0.05) is 25.7 Å². The number of Topliss-reactive ketones (excluding diaryl/α,β-unsaturated/α-hetero) is 1. The van der Waals surface area contributed by atoms with Gasteiger partial charge in [0.2, 0.25) is 5.60 Å². The van der Waals surface area contributed by atoms with Crippen LogP contribution >= 0.6 is 0 Å². The first-order valence-electron chi connectivity index (χ1n) is 19.9. The third kappa shape index (κ3) is 7.21. The van der Waals surface area contributed by atoms with Gasteiger partial charge < -0.3 is 53.4 Å². The van der Waals surface area contributed by atoms with Crippen LogP contribution in [0.1, 0.15) is 82.6 Å². The smallest absolute Gasteiger partial charge is 0.486 e. The van der Waals surface area contributed by atoms with Crippen LogP contribution in [-0.2, 0) is 52.3 Å². The molecular formula is C43H55NO16. The molecule has 5 aliphatic rings. The second-order valence-corrected chi connectivity index (χ2v) is 18.2. The van der Waals surface area contributed by atoms with Gasteiger partial charge in [-0.2, -0.15) is 0 Å². The molecule has 12 atom stereocenters. The number of allylic oxidation sites excluding steroid dienone is 1. The molecule has 2 saturated heterocycles. The van der Waals surface area contributed by atoms with Gasteiger partial charge in [-0.25, -0.2) is 14.4 Å². The molecule has 0 aromatic heterocycles. The summed E-state index contributed by atoms with van der Waals surface area (Å²) in [5.41, 5.74) is -7.61. The first-order valence-corrected chi connectivity index (χ1v) is 19.9. The summed E-state index contributed by atoms with van der Waals surface area (Å²) in [6.07, 6.45) is -12.2. The van der Waals surface area contributed by atoms with E-state index in [0.717, 1.165) is 6.92 Å². The Labute approximate surface area is 348 Å². The molecule has 17 nitrogen and oxygen atoms in total. The molecule has 0 radical (unpaired) electrons. The lowest BCUT2D eigenvalue weighted by molar-refractivity contribution is -0.343. The van der Waals surface area contributed by atoms with E-state index >= 15 is 4.79 Å². The molecule has 1 amide bonds. The highest BCUT2D eigenvalue weighted by Crippen LogP contribution is 2.66. The standard InChI is InChI=1S/C43H55NO16/c1-20(2)17-25(44-37(51)59-39(6,7)8)29(48)36(50)56-30-21(3)28-31(54-22(4)45)33(49)41(11)26(47)18-27-42(19-53-27,58-23(5)46)32(41)35(55-24-15-13-12-14-16-24)43(40(28,9)10)34(30)57-38(52)60-43/h12-17,25-27,29-32,34-35,47-48H,18-19H2,1-11H3,(H,44,51)/t25-,26-,27?,29+,30+,31+,32?,34-,35-,41+,42-,43+/m0/s1. The average Bonchev–Trinajstić information content (AvgIpc) is 3.49. The van der Waals surface area contributed by atoms with Crippen molar-refractivity contribution in [1.82, 2.24) is 5.32 Å². The van der Waals surface area contributed by atoms with E-state index in [4.69, 9.17) is 37.9 Å². The molecule has 17 heteroatoms. The highest BCUT2D eigenvalue weighted by molar-refractivity contribution is 5.95. The second kappa shape index (κ2) is 15.5. The number of nitrogens with one attached hydrogen (secondary N) is 1. The van der Waals surface area contributed by atoms with E-state index in [2.05, 4.69) is 5.32 Å². The minimum atomic E-state index is -2.16. The summed E-state index contributed by atoms with van der Waals surface area (Å²) in [5.74, 6) is -4.93. The molecule has 1 aromatic carbocycles. The number of carbonyl (C=O) groups excluding carboxylic acids is 6. The van der Waals surface area contributed by atoms with Gasteiger partial charge in [0.1, 0.15) is 17.5 Å². The number of aliphatic hydroxyl groups is 2. The fourth-order valence-electron chi connectivity index (χ4n) is 10.0. The molecule has 60 heavy (non-hydrogen) atoms. The van der Waals surface area contributed by atoms with E-state index in [9.17, 15) is 34.2 Å². The van der Waals surface area contributed by atoms with Crippen LogP contribution in [0.4, 0.5) is 9.59 Å². The predicted molar refractivity (Wildman–Crippen MR) is 207 cm³/mol. The Balaban J connectivity index is 1.61. The number of carbonyl (C=O) groups is 6. The summed E-state index contributed by atoms with van der Waals surface area (Å²) in [6.45, 7) is 16.5. The van der Waals surface area contributed by atoms with Crippen LogP contribution in [0.2, 0.25) is 0 Å². The van der Waals surface area contributed by atoms with Crippen molar-refractivity contribution < 1.29 is 76.9 Å². The maximum atomic E-state index is 15.6. The van der Waals surface area contributed by atoms with Crippen molar-refractivity contribution >= 4 is 35.9 Å². The van der Waals surface area contributed by atoms with Crippen molar-refractivity contribution in [2.75, 3.05) is 6.61 Å². The Morgan fingerprint density at radius 2 is 1.63 bits per heavy atom. The van der Waals surface area contributed by atoms with E-state index in [1.54, 1.807) is 78.8 Å². The van der Waals surface area contributed by atoms with Gasteiger partial charge in [-0.3, -0.25) is 14.4 Å². The average molecular weight is 842 g/mol. The summed E-state index contributed by atoms with van der Waals surface area (Å²) in [6, 6.07) is 6.95. The van der Waals surface area contributed by atoms with Gasteiger partial charge in [-0.05, 0) is 71.7 Å². The minimum Gasteiger partial charge on any atom is -0.486 e. The summed E-state index contributed by atoms with van der Waals surface area (Å²) >= 11 is 0. The third-order valence-electron chi connectivity index (χ3n) is 12.4. The quantitative estimate of drug-likeness (QED) is 0.182. The van der Waals surface area contributed by atoms with E-state index in [0.29, 0.717) is 5.57 Å². The molecule has 328 valence electrons. The molecule has 6 rings (SSSR count). The Hall–Kier alpha value is -5.00. The molecule has 3 aliphatic carbocycles. The number of aliphatic hydroxyl groups excluding tert-OH is 2. The molecule has 2 bridgehead atoms. The Bertz CT molecular complexity index is 2000. The predicted octanol–water partition coefficient (Wildman–Crippen LogP) is 3.80. The van der Waals surface area contributed by atoms with Crippen LogP contribution in [0.25, 0.3) is 0 Å². The minimum absolute atomic E-state index is 0.0410. The van der Waals surface area contributed by atoms with Gasteiger partial charge in [0.15, 0.2) is 41.9 Å². The Morgan fingerprint density at radius 3 is 2.18 bits per heavy atom. The van der Waals surface area contributed by atoms with Gasteiger partial charge in [-0.15, -0.1) is 0 Å². The molecule has 4 fully saturated rings. The number of rotatable bonds is 9. The van der Waals surface area contributed by atoms with E-state index in [1.807, 2.05) is 0 Å². The summed E-state index contributed by atoms with van der Waals surface area (Å²) in [4.78, 5) is 82.7. The number of para-hydroxylation sites is 1. The van der Waals surface area contributed by atoms with Crippen LogP contribution in [-0.4, -0.2) is 118 Å². The number of hydrogen-bond donors (Lipinski definition) is 3. The van der Waals surface area contributed by atoms with Crippen LogP contribution in [0, 0.1) is 16.7 Å². The number of alkyl carbamates (subject to hydrolysis) is 1. The van der Waals surface area contributed by atoms with Gasteiger partial charge in [0.05, 0.1) is 30.1 Å². The van der Waals surface area contributed by atoms with Crippen LogP contribution in [0.3, 0.4) is 0 Å². The molecule has 3 N–H and O–H groups in total. The molecule has 2 unspecified atom stereocenters. The fraction of sp³-hybridized carbons (Fsp3) is 0.628. The molecule has 2 saturated carbocycles. The van der Waals surface area contributed by atoms with Crippen molar-refractivity contribution in [3.05, 3.63) is 53.1 Å². The Kier molecular flexibility index (Phi) is 11.5. The number of benzene rings is 1. The summed E-state index contributed by atoms with van der Waals surface area (Å²) in [7, 11) is 0. The Morgan fingerprint density at radius 1 is 0.983 bits per heavy atom. The van der Waals surface area contributed by atoms with Crippen molar-refractivity contribution in [2.24, 2.45) is 16.7 Å². The normalized spacial score (nSPS) is 34.8. The molecule has 2 aliphatic heterocycles. The third-order valence-corrected chi connectivity index (χ3v) is 12.4.